The molecule has 0 bridgehead atoms. The van der Waals surface area contributed by atoms with Gasteiger partial charge in [-0.3, -0.25) is 15.2 Å². The van der Waals surface area contributed by atoms with Crippen molar-refractivity contribution in [2.24, 2.45) is 22.2 Å². The fourth-order valence-corrected chi connectivity index (χ4v) is 3.01. The first-order valence-corrected chi connectivity index (χ1v) is 9.26. The molecule has 1 aliphatic rings. The van der Waals surface area contributed by atoms with Crippen molar-refractivity contribution in [1.29, 1.82) is 5.41 Å². The Bertz CT molecular complexity index is 940. The molecular formula is C20H25N7O2. The van der Waals surface area contributed by atoms with Crippen LogP contribution < -0.4 is 22.5 Å². The van der Waals surface area contributed by atoms with E-state index in [9.17, 15) is 4.79 Å². The zero-order chi connectivity index (χ0) is 20.8. The number of anilines is 1. The SMILES string of the molecule is N=C(N)N1CC=C(c2ccc(C(=O)Nc3ccc(CCN=C(N)N)cc3)o2)CC1. The lowest BCUT2D eigenvalue weighted by Gasteiger charge is -2.25. The van der Waals surface area contributed by atoms with Crippen LogP contribution in [0.3, 0.4) is 0 Å². The van der Waals surface area contributed by atoms with Crippen LogP contribution in [-0.2, 0) is 6.42 Å². The predicted octanol–water partition coefficient (Wildman–Crippen LogP) is 1.33. The molecule has 29 heavy (non-hydrogen) atoms. The van der Waals surface area contributed by atoms with Crippen molar-refractivity contribution >= 4 is 29.1 Å². The zero-order valence-corrected chi connectivity index (χ0v) is 16.0. The van der Waals surface area contributed by atoms with E-state index < -0.39 is 0 Å². The standard InChI is InChI=1S/C20H25N7O2/c21-19(22)25-10-7-13-1-3-15(4-2-13)26-18(28)17-6-5-16(29-17)14-8-11-27(12-9-14)20(23)24/h1-6,8H,7,9-12H2,(H3,23,24)(H,26,28)(H4,21,22,25). The van der Waals surface area contributed by atoms with Gasteiger partial charge in [-0.25, -0.2) is 0 Å². The minimum Gasteiger partial charge on any atom is -0.451 e. The highest BCUT2D eigenvalue weighted by atomic mass is 16.4. The summed E-state index contributed by atoms with van der Waals surface area (Å²) in [6.07, 6.45) is 3.38. The van der Waals surface area contributed by atoms with Gasteiger partial charge >= 0.3 is 0 Å². The molecule has 1 aliphatic heterocycles. The molecule has 1 amide bonds. The quantitative estimate of drug-likeness (QED) is 0.366. The summed E-state index contributed by atoms with van der Waals surface area (Å²) in [7, 11) is 0. The monoisotopic (exact) mass is 395 g/mol. The first-order valence-electron chi connectivity index (χ1n) is 9.26. The average Bonchev–Trinajstić information content (AvgIpc) is 3.19. The highest BCUT2D eigenvalue weighted by Crippen LogP contribution is 2.24. The number of guanidine groups is 2. The first kappa shape index (κ1) is 20.0. The summed E-state index contributed by atoms with van der Waals surface area (Å²) in [6.45, 7) is 1.73. The van der Waals surface area contributed by atoms with Gasteiger partial charge in [0.05, 0.1) is 0 Å². The lowest BCUT2D eigenvalue weighted by molar-refractivity contribution is 0.0996. The van der Waals surface area contributed by atoms with E-state index in [4.69, 9.17) is 27.0 Å². The lowest BCUT2D eigenvalue weighted by Crippen LogP contribution is -2.39. The topological polar surface area (TPSA) is 160 Å². The predicted molar refractivity (Wildman–Crippen MR) is 114 cm³/mol. The van der Waals surface area contributed by atoms with Crippen LogP contribution in [0.1, 0.15) is 28.3 Å². The number of benzene rings is 1. The Morgan fingerprint density at radius 2 is 1.93 bits per heavy atom. The molecule has 1 aromatic heterocycles. The Morgan fingerprint density at radius 3 is 2.55 bits per heavy atom. The number of furan rings is 1. The van der Waals surface area contributed by atoms with Crippen molar-refractivity contribution in [2.75, 3.05) is 25.0 Å². The van der Waals surface area contributed by atoms with Gasteiger partial charge in [0.15, 0.2) is 17.7 Å². The maximum atomic E-state index is 12.5. The van der Waals surface area contributed by atoms with Crippen molar-refractivity contribution < 1.29 is 9.21 Å². The van der Waals surface area contributed by atoms with Crippen LogP contribution in [-0.4, -0.2) is 42.4 Å². The third kappa shape index (κ3) is 5.38. The van der Waals surface area contributed by atoms with Crippen molar-refractivity contribution in [3.63, 3.8) is 0 Å². The molecule has 0 fully saturated rings. The van der Waals surface area contributed by atoms with E-state index in [1.807, 2.05) is 30.3 Å². The maximum absolute atomic E-state index is 12.5. The van der Waals surface area contributed by atoms with E-state index in [-0.39, 0.29) is 23.6 Å². The van der Waals surface area contributed by atoms with Crippen LogP contribution in [0.5, 0.6) is 0 Å². The van der Waals surface area contributed by atoms with Gasteiger partial charge in [0.1, 0.15) is 5.76 Å². The Morgan fingerprint density at radius 1 is 1.17 bits per heavy atom. The van der Waals surface area contributed by atoms with E-state index in [1.54, 1.807) is 17.0 Å². The molecule has 152 valence electrons. The average molecular weight is 395 g/mol. The number of rotatable bonds is 6. The van der Waals surface area contributed by atoms with Gasteiger partial charge in [0.2, 0.25) is 0 Å². The van der Waals surface area contributed by atoms with Gasteiger partial charge in [-0.1, -0.05) is 18.2 Å². The van der Waals surface area contributed by atoms with Crippen molar-refractivity contribution in [2.45, 2.75) is 12.8 Å². The number of carbonyl (C=O) groups is 1. The van der Waals surface area contributed by atoms with Gasteiger partial charge in [-0.15, -0.1) is 0 Å². The number of amides is 1. The lowest BCUT2D eigenvalue weighted by atomic mass is 10.1. The number of nitrogens with two attached hydrogens (primary N) is 3. The van der Waals surface area contributed by atoms with E-state index >= 15 is 0 Å². The minimum atomic E-state index is -0.314. The zero-order valence-electron chi connectivity index (χ0n) is 16.0. The van der Waals surface area contributed by atoms with Gasteiger partial charge in [-0.2, -0.15) is 0 Å². The molecule has 2 aromatic rings. The summed E-state index contributed by atoms with van der Waals surface area (Å²) >= 11 is 0. The van der Waals surface area contributed by atoms with Gasteiger partial charge in [-0.05, 0) is 48.2 Å². The molecule has 0 unspecified atom stereocenters. The molecule has 2 heterocycles. The third-order valence-electron chi connectivity index (χ3n) is 4.60. The summed E-state index contributed by atoms with van der Waals surface area (Å²) in [5.41, 5.74) is 18.9. The number of nitrogens with one attached hydrogen (secondary N) is 2. The van der Waals surface area contributed by atoms with Gasteiger partial charge < -0.3 is 31.8 Å². The smallest absolute Gasteiger partial charge is 0.291 e. The molecule has 8 N–H and O–H groups in total. The van der Waals surface area contributed by atoms with Crippen LogP contribution in [0.4, 0.5) is 5.69 Å². The summed E-state index contributed by atoms with van der Waals surface area (Å²) in [5, 5.41) is 10.3. The molecule has 0 spiro atoms. The minimum absolute atomic E-state index is 0.0575. The van der Waals surface area contributed by atoms with Crippen LogP contribution in [0, 0.1) is 5.41 Å². The Kier molecular flexibility index (Phi) is 6.18. The molecule has 0 saturated heterocycles. The maximum Gasteiger partial charge on any atom is 0.291 e. The van der Waals surface area contributed by atoms with Gasteiger partial charge in [0.25, 0.3) is 5.91 Å². The highest BCUT2D eigenvalue weighted by Gasteiger charge is 2.18. The molecule has 1 aromatic carbocycles. The molecule has 9 nitrogen and oxygen atoms in total. The van der Waals surface area contributed by atoms with E-state index in [1.165, 1.54) is 0 Å². The van der Waals surface area contributed by atoms with E-state index in [0.29, 0.717) is 43.9 Å². The van der Waals surface area contributed by atoms with Crippen molar-refractivity contribution in [3.8, 4) is 0 Å². The van der Waals surface area contributed by atoms with Crippen LogP contribution >= 0.6 is 0 Å². The summed E-state index contributed by atoms with van der Waals surface area (Å²) in [4.78, 5) is 18.2. The second-order valence-electron chi connectivity index (χ2n) is 6.68. The Labute approximate surface area is 168 Å². The van der Waals surface area contributed by atoms with Crippen molar-refractivity contribution in [1.82, 2.24) is 4.90 Å². The molecule has 3 rings (SSSR count). The highest BCUT2D eigenvalue weighted by molar-refractivity contribution is 6.02. The van der Waals surface area contributed by atoms with Crippen LogP contribution in [0.2, 0.25) is 0 Å². The number of carbonyl (C=O) groups excluding carboxylic acids is 1. The van der Waals surface area contributed by atoms with E-state index in [0.717, 1.165) is 11.1 Å². The Hall–Kier alpha value is -3.75. The largest absolute Gasteiger partial charge is 0.451 e. The fourth-order valence-electron chi connectivity index (χ4n) is 3.01. The number of hydrogen-bond acceptors (Lipinski definition) is 4. The first-order chi connectivity index (χ1) is 13.9. The number of nitrogens with zero attached hydrogens (tertiary/aromatic N) is 2. The summed E-state index contributed by atoms with van der Waals surface area (Å²) in [6, 6.07) is 10.9. The van der Waals surface area contributed by atoms with Crippen molar-refractivity contribution in [3.05, 3.63) is 59.6 Å². The number of hydrogen-bond donors (Lipinski definition) is 5. The fraction of sp³-hybridized carbons (Fsp3) is 0.250. The summed E-state index contributed by atoms with van der Waals surface area (Å²) < 4.78 is 5.73. The van der Waals surface area contributed by atoms with Crippen LogP contribution in [0.15, 0.2) is 51.9 Å². The second kappa shape index (κ2) is 8.96. The second-order valence-corrected chi connectivity index (χ2v) is 6.68. The molecular weight excluding hydrogens is 370 g/mol. The van der Waals surface area contributed by atoms with Gasteiger partial charge in [0, 0.05) is 25.3 Å². The molecule has 0 atom stereocenters. The molecule has 0 aliphatic carbocycles. The van der Waals surface area contributed by atoms with Crippen LogP contribution in [0.25, 0.3) is 5.57 Å². The number of aliphatic imine (C=N–C) groups is 1. The molecule has 0 saturated carbocycles. The summed E-state index contributed by atoms with van der Waals surface area (Å²) in [5.74, 6) is 0.723. The normalized spacial score (nSPS) is 13.5. The van der Waals surface area contributed by atoms with E-state index in [2.05, 4.69) is 10.3 Å². The Balaban J connectivity index is 1.58. The molecule has 9 heteroatoms. The molecule has 0 radical (unpaired) electrons. The third-order valence-corrected chi connectivity index (χ3v) is 4.60.